The molecule has 1 heterocycles. The summed E-state index contributed by atoms with van der Waals surface area (Å²) >= 11 is 0. The van der Waals surface area contributed by atoms with Crippen molar-refractivity contribution in [1.29, 1.82) is 0 Å². The summed E-state index contributed by atoms with van der Waals surface area (Å²) in [5, 5.41) is 9.34. The van der Waals surface area contributed by atoms with E-state index in [4.69, 9.17) is 4.74 Å². The van der Waals surface area contributed by atoms with Crippen molar-refractivity contribution in [2.75, 3.05) is 13.1 Å². The molecule has 0 amide bonds. The second-order valence-electron chi connectivity index (χ2n) is 9.35. The number of aliphatic carboxylic acids is 1. The summed E-state index contributed by atoms with van der Waals surface area (Å²) in [5.74, 6) is -2.76. The molecule has 1 unspecified atom stereocenters. The molecule has 0 radical (unpaired) electrons. The Balaban J connectivity index is 1.56. The topological polar surface area (TPSA) is 83.9 Å². The van der Waals surface area contributed by atoms with E-state index < -0.39 is 33.2 Å². The fourth-order valence-electron chi connectivity index (χ4n) is 4.26. The van der Waals surface area contributed by atoms with Crippen LogP contribution in [0, 0.1) is 11.6 Å². The number of carboxylic acid groups (broad SMARTS) is 1. The van der Waals surface area contributed by atoms with E-state index >= 15 is 0 Å². The Kier molecular flexibility index (Phi) is 7.15. The molecule has 9 heteroatoms. The first-order chi connectivity index (χ1) is 17.0. The van der Waals surface area contributed by atoms with E-state index in [2.05, 4.69) is 0 Å². The first-order valence-corrected chi connectivity index (χ1v) is 13.0. The van der Waals surface area contributed by atoms with Crippen molar-refractivity contribution >= 4 is 16.0 Å². The number of ether oxygens (including phenoxy) is 1. The molecular formula is C27H27F2NO5S. The average molecular weight is 516 g/mol. The number of rotatable bonds is 7. The predicted octanol–water partition coefficient (Wildman–Crippen LogP) is 5.44. The van der Waals surface area contributed by atoms with Crippen LogP contribution in [0.4, 0.5) is 8.78 Å². The highest BCUT2D eigenvalue weighted by atomic mass is 32.2. The Bertz CT molecular complexity index is 1390. The molecule has 1 N–H and O–H groups in total. The monoisotopic (exact) mass is 515 g/mol. The van der Waals surface area contributed by atoms with E-state index in [1.807, 2.05) is 6.07 Å². The lowest BCUT2D eigenvalue weighted by molar-refractivity contribution is -0.152. The number of hydrogen-bond donors (Lipinski definition) is 1. The molecule has 1 aliphatic rings. The molecule has 0 bridgehead atoms. The first-order valence-electron chi connectivity index (χ1n) is 11.6. The second kappa shape index (κ2) is 9.99. The summed E-state index contributed by atoms with van der Waals surface area (Å²) in [6.45, 7) is 3.54. The molecule has 3 aromatic rings. The lowest BCUT2D eigenvalue weighted by Crippen LogP contribution is -2.39. The standard InChI is InChI=1S/C27H27F2NO5S/c1-27(2,26(31)32)35-22-9-3-6-18(14-22)21-8-5-13-30(17-21)36(33,34)23-10-4-7-19(15-23)20-11-12-24(28)25(29)16-20/h3-4,6-7,9-12,14-16,21H,5,8,13,17H2,1-2H3,(H,31,32). The SMILES string of the molecule is CC(C)(Oc1cccc(C2CCCN(S(=O)(=O)c3cccc(-c4ccc(F)c(F)c4)c3)C2)c1)C(=O)O. The fourth-order valence-corrected chi connectivity index (χ4v) is 5.83. The van der Waals surface area contributed by atoms with Crippen LogP contribution in [0.2, 0.25) is 0 Å². The van der Waals surface area contributed by atoms with Crippen LogP contribution in [0.5, 0.6) is 5.75 Å². The van der Waals surface area contributed by atoms with E-state index in [9.17, 15) is 27.1 Å². The maximum absolute atomic E-state index is 13.7. The van der Waals surface area contributed by atoms with Gasteiger partial charge in [-0.15, -0.1) is 0 Å². The molecule has 1 saturated heterocycles. The Morgan fingerprint density at radius 2 is 1.72 bits per heavy atom. The molecule has 4 rings (SSSR count). The fraction of sp³-hybridized carbons (Fsp3) is 0.296. The van der Waals surface area contributed by atoms with Gasteiger partial charge in [0.25, 0.3) is 0 Å². The molecule has 1 fully saturated rings. The van der Waals surface area contributed by atoms with E-state index in [0.717, 1.165) is 24.1 Å². The number of nitrogens with zero attached hydrogens (tertiary/aromatic N) is 1. The van der Waals surface area contributed by atoms with Gasteiger partial charge in [0.15, 0.2) is 17.2 Å². The zero-order valence-electron chi connectivity index (χ0n) is 19.9. The molecule has 0 aliphatic carbocycles. The van der Waals surface area contributed by atoms with Crippen LogP contribution in [0.15, 0.2) is 71.6 Å². The third kappa shape index (κ3) is 5.42. The van der Waals surface area contributed by atoms with Crippen molar-refractivity contribution in [3.63, 3.8) is 0 Å². The highest BCUT2D eigenvalue weighted by Crippen LogP contribution is 2.33. The van der Waals surface area contributed by atoms with Gasteiger partial charge in [-0.05, 0) is 85.7 Å². The molecule has 1 atom stereocenters. The average Bonchev–Trinajstić information content (AvgIpc) is 2.85. The molecule has 0 saturated carbocycles. The van der Waals surface area contributed by atoms with Gasteiger partial charge < -0.3 is 9.84 Å². The summed E-state index contributed by atoms with van der Waals surface area (Å²) in [7, 11) is -3.85. The summed E-state index contributed by atoms with van der Waals surface area (Å²) < 4.78 is 61.1. The zero-order chi connectivity index (χ0) is 26.1. The van der Waals surface area contributed by atoms with Crippen LogP contribution in [0.25, 0.3) is 11.1 Å². The second-order valence-corrected chi connectivity index (χ2v) is 11.3. The van der Waals surface area contributed by atoms with E-state index in [0.29, 0.717) is 29.8 Å². The number of carboxylic acids is 1. The van der Waals surface area contributed by atoms with Gasteiger partial charge in [0, 0.05) is 13.1 Å². The van der Waals surface area contributed by atoms with Crippen LogP contribution >= 0.6 is 0 Å². The van der Waals surface area contributed by atoms with Crippen LogP contribution < -0.4 is 4.74 Å². The Morgan fingerprint density at radius 3 is 2.44 bits per heavy atom. The van der Waals surface area contributed by atoms with Gasteiger partial charge in [-0.3, -0.25) is 0 Å². The lowest BCUT2D eigenvalue weighted by atomic mass is 9.91. The summed E-state index contributed by atoms with van der Waals surface area (Å²) in [5.41, 5.74) is 0.307. The number of hydrogen-bond acceptors (Lipinski definition) is 4. The first kappa shape index (κ1) is 25.8. The van der Waals surface area contributed by atoms with E-state index in [1.54, 1.807) is 30.3 Å². The van der Waals surface area contributed by atoms with E-state index in [1.165, 1.54) is 36.4 Å². The van der Waals surface area contributed by atoms with Crippen LogP contribution in [0.3, 0.4) is 0 Å². The summed E-state index contributed by atoms with van der Waals surface area (Å²) in [6.07, 6.45) is 1.42. The smallest absolute Gasteiger partial charge is 0.347 e. The minimum atomic E-state index is -3.85. The van der Waals surface area contributed by atoms with E-state index in [-0.39, 0.29) is 17.4 Å². The Morgan fingerprint density at radius 1 is 1.00 bits per heavy atom. The van der Waals surface area contributed by atoms with Gasteiger partial charge >= 0.3 is 5.97 Å². The van der Waals surface area contributed by atoms with Crippen LogP contribution in [-0.2, 0) is 14.8 Å². The number of sulfonamides is 1. The summed E-state index contributed by atoms with van der Waals surface area (Å²) in [6, 6.07) is 16.7. The quantitative estimate of drug-likeness (QED) is 0.453. The predicted molar refractivity (Wildman–Crippen MR) is 131 cm³/mol. The molecule has 3 aromatic carbocycles. The van der Waals surface area contributed by atoms with Crippen molar-refractivity contribution in [2.45, 2.75) is 43.1 Å². The van der Waals surface area contributed by atoms with Crippen LogP contribution in [0.1, 0.15) is 38.2 Å². The normalized spacial score (nSPS) is 17.1. The molecule has 36 heavy (non-hydrogen) atoms. The Hall–Kier alpha value is -3.30. The minimum absolute atomic E-state index is 0.0747. The van der Waals surface area contributed by atoms with Gasteiger partial charge in [-0.25, -0.2) is 22.0 Å². The molecular weight excluding hydrogens is 488 g/mol. The van der Waals surface area contributed by atoms with Crippen molar-refractivity contribution in [1.82, 2.24) is 4.31 Å². The van der Waals surface area contributed by atoms with Crippen molar-refractivity contribution < 1.29 is 31.8 Å². The molecule has 0 spiro atoms. The zero-order valence-corrected chi connectivity index (χ0v) is 20.8. The summed E-state index contributed by atoms with van der Waals surface area (Å²) in [4.78, 5) is 11.5. The number of benzene rings is 3. The molecule has 6 nitrogen and oxygen atoms in total. The van der Waals surface area contributed by atoms with Gasteiger partial charge in [-0.1, -0.05) is 30.3 Å². The minimum Gasteiger partial charge on any atom is -0.478 e. The van der Waals surface area contributed by atoms with Crippen molar-refractivity contribution in [3.05, 3.63) is 83.9 Å². The van der Waals surface area contributed by atoms with Crippen molar-refractivity contribution in [2.24, 2.45) is 0 Å². The van der Waals surface area contributed by atoms with Gasteiger partial charge in [0.1, 0.15) is 5.75 Å². The number of halogens is 2. The van der Waals surface area contributed by atoms with Crippen molar-refractivity contribution in [3.8, 4) is 16.9 Å². The van der Waals surface area contributed by atoms with Crippen LogP contribution in [-0.4, -0.2) is 42.5 Å². The van der Waals surface area contributed by atoms with Gasteiger partial charge in [-0.2, -0.15) is 4.31 Å². The number of carbonyl (C=O) groups is 1. The maximum Gasteiger partial charge on any atom is 0.347 e. The highest BCUT2D eigenvalue weighted by Gasteiger charge is 2.32. The molecule has 190 valence electrons. The third-order valence-electron chi connectivity index (χ3n) is 6.33. The lowest BCUT2D eigenvalue weighted by Gasteiger charge is -2.32. The third-order valence-corrected chi connectivity index (χ3v) is 8.19. The highest BCUT2D eigenvalue weighted by molar-refractivity contribution is 7.89. The molecule has 0 aromatic heterocycles. The Labute approximate surface area is 209 Å². The number of piperidine rings is 1. The van der Waals surface area contributed by atoms with Gasteiger partial charge in [0.2, 0.25) is 10.0 Å². The largest absolute Gasteiger partial charge is 0.478 e. The van der Waals surface area contributed by atoms with Gasteiger partial charge in [0.05, 0.1) is 4.90 Å². The maximum atomic E-state index is 13.7. The molecule has 1 aliphatic heterocycles.